The number of aromatic nitrogens is 2. The Morgan fingerprint density at radius 2 is 1.19 bits per heavy atom. The van der Waals surface area contributed by atoms with Crippen molar-refractivity contribution < 1.29 is 53.0 Å². The zero-order valence-electron chi connectivity index (χ0n) is 55.4. The third-order valence-corrected chi connectivity index (χ3v) is 18.0. The van der Waals surface area contributed by atoms with Gasteiger partial charge < -0.3 is 50.3 Å². The fraction of sp³-hybridized carbons (Fsp3) is 0.588. The molecule has 3 heterocycles. The van der Waals surface area contributed by atoms with Gasteiger partial charge in [-0.1, -0.05) is 142 Å². The van der Waals surface area contributed by atoms with Crippen molar-refractivity contribution in [2.75, 3.05) is 34.7 Å². The summed E-state index contributed by atoms with van der Waals surface area (Å²) in [4.78, 5) is 143. The van der Waals surface area contributed by atoms with Crippen LogP contribution in [0.3, 0.4) is 0 Å². The average molecular weight is 1230 g/mol. The number of hydrogen-bond acceptors (Lipinski definition) is 12. The molecule has 0 radical (unpaired) electrons. The van der Waals surface area contributed by atoms with E-state index in [4.69, 9.17) is 4.74 Å². The Hall–Kier alpha value is -7.68. The van der Waals surface area contributed by atoms with E-state index >= 15 is 28.8 Å². The molecule has 2 aliphatic heterocycles. The molecule has 21 heteroatoms. The minimum Gasteiger partial charge on any atom is -0.450 e. The Morgan fingerprint density at radius 1 is 0.618 bits per heavy atom. The first-order valence-corrected chi connectivity index (χ1v) is 31.6. The number of carbonyl (C=O) groups is 9. The van der Waals surface area contributed by atoms with Crippen LogP contribution in [-0.4, -0.2) is 187 Å². The lowest BCUT2D eigenvalue weighted by Gasteiger charge is -2.39. The number of esters is 1. The number of cyclic esters (lactones) is 1. The first-order chi connectivity index (χ1) is 41.8. The molecule has 0 saturated carbocycles. The standard InChI is InChI=1S/C68H98N10O11/c1-18-42(9)54-65(85)74(14)55(40(5)6)60(80)70-49(34-39(3)4)63(83)76(16)58(68(11,12)88)67(87)89-57(43(10)19-2)66(86)75(15)56(41(7)8)61(81)71-50(36-44-26-21-20-22-27-44)62(82)73(13)53(64(84)78-33-25-32-52(78)59(79)72-54)37-45-28-23-29-46(35-45)47-30-24-31-51-48(47)38-69-77(51)17/h20-24,26-31,35,38-43,49-50,52-58,88H,18-19,25,32-34,36-37H2,1-17H3,(H,70,80)(H,71,81)(H,72,79)/t42-,43-,49-,50-,52-,53-,54-,55?,56?,57+,58+/m0/s1. The largest absolute Gasteiger partial charge is 0.450 e. The molecule has 89 heavy (non-hydrogen) atoms. The molecular weight excluding hydrogens is 1130 g/mol. The summed E-state index contributed by atoms with van der Waals surface area (Å²) >= 11 is 0. The van der Waals surface area contributed by atoms with Gasteiger partial charge in [-0.2, -0.15) is 5.10 Å². The van der Waals surface area contributed by atoms with E-state index in [-0.39, 0.29) is 38.1 Å². The average Bonchev–Trinajstić information content (AvgIpc) is 2.14. The maximum atomic E-state index is 15.8. The van der Waals surface area contributed by atoms with Gasteiger partial charge in [-0.3, -0.25) is 43.0 Å². The number of benzene rings is 3. The summed E-state index contributed by atoms with van der Waals surface area (Å²) in [6.45, 7) is 20.6. The highest BCUT2D eigenvalue weighted by molar-refractivity contribution is 6.00. The van der Waals surface area contributed by atoms with Crippen LogP contribution in [0.2, 0.25) is 0 Å². The molecule has 6 rings (SSSR count). The molecule has 1 aromatic heterocycles. The highest BCUT2D eigenvalue weighted by atomic mass is 16.6. The van der Waals surface area contributed by atoms with E-state index in [0.717, 1.165) is 26.9 Å². The molecule has 2 unspecified atom stereocenters. The van der Waals surface area contributed by atoms with E-state index in [9.17, 15) is 19.5 Å². The summed E-state index contributed by atoms with van der Waals surface area (Å²) in [5, 5.41) is 26.0. The van der Waals surface area contributed by atoms with Gasteiger partial charge in [-0.25, -0.2) is 4.79 Å². The Labute approximate surface area is 526 Å². The number of nitrogens with zero attached hydrogens (tertiary/aromatic N) is 7. The number of aliphatic hydroxyl groups is 1. The topological polar surface area (TPSA) is 253 Å². The maximum absolute atomic E-state index is 15.8. The van der Waals surface area contributed by atoms with Gasteiger partial charge in [0.1, 0.15) is 42.3 Å². The molecule has 2 fully saturated rings. The second-order valence-corrected chi connectivity index (χ2v) is 26.4. The number of nitrogens with one attached hydrogen (secondary N) is 3. The summed E-state index contributed by atoms with van der Waals surface area (Å²) in [6, 6.07) is 12.3. The van der Waals surface area contributed by atoms with E-state index in [1.54, 1.807) is 64.6 Å². The number of carbonyl (C=O) groups excluding carboxylic acids is 9. The molecule has 2 aliphatic rings. The summed E-state index contributed by atoms with van der Waals surface area (Å²) in [5.74, 6) is -8.88. The number of ether oxygens (including phenoxy) is 1. The van der Waals surface area contributed by atoms with Crippen molar-refractivity contribution in [1.29, 1.82) is 0 Å². The number of hydrogen-bond donors (Lipinski definition) is 4. The van der Waals surface area contributed by atoms with E-state index in [2.05, 4.69) is 21.0 Å². The van der Waals surface area contributed by atoms with Crippen LogP contribution in [0.1, 0.15) is 126 Å². The maximum Gasteiger partial charge on any atom is 0.332 e. The summed E-state index contributed by atoms with van der Waals surface area (Å²) in [7, 11) is 7.55. The fourth-order valence-corrected chi connectivity index (χ4v) is 12.6. The Bertz CT molecular complexity index is 3170. The second-order valence-electron chi connectivity index (χ2n) is 26.4. The zero-order valence-corrected chi connectivity index (χ0v) is 55.4. The van der Waals surface area contributed by atoms with Crippen LogP contribution in [0.25, 0.3) is 22.0 Å². The smallest absolute Gasteiger partial charge is 0.332 e. The first-order valence-electron chi connectivity index (χ1n) is 31.6. The van der Waals surface area contributed by atoms with Crippen LogP contribution in [0, 0.1) is 29.6 Å². The number of fused-ring (bicyclic) bond motifs is 2. The van der Waals surface area contributed by atoms with Gasteiger partial charge in [0.2, 0.25) is 41.4 Å². The fourth-order valence-electron chi connectivity index (χ4n) is 12.6. The minimum atomic E-state index is -1.99. The molecule has 11 atom stereocenters. The molecule has 0 bridgehead atoms. The Kier molecular flexibility index (Phi) is 23.9. The number of likely N-dealkylation sites (N-methyl/N-ethyl adjacent to an activating group) is 4. The van der Waals surface area contributed by atoms with E-state index < -0.39 is 137 Å². The third-order valence-electron chi connectivity index (χ3n) is 18.0. The SMILES string of the molecule is CC[C@H](C)[C@@H]1NC(=O)[C@@H]2CCCN2C(=O)[C@H](Cc2cccc(-c3cccc4c3cnn4C)c2)N(C)C(=O)[C@H](Cc2ccccc2)NC(=O)C(C(C)C)N(C)C(=O)[C@@H]([C@@H](C)CC)OC(=O)[C@H](C(C)(C)O)N(C)C(=O)[C@H](CC(C)C)NC(=O)C(C(C)C)N(C)C1=O. The van der Waals surface area contributed by atoms with Gasteiger partial charge in [0, 0.05) is 65.9 Å². The van der Waals surface area contributed by atoms with Crippen molar-refractivity contribution >= 4 is 64.1 Å². The van der Waals surface area contributed by atoms with E-state index in [0.29, 0.717) is 30.4 Å². The monoisotopic (exact) mass is 1230 g/mol. The number of amides is 8. The normalized spacial score (nSPS) is 24.9. The molecule has 4 N–H and O–H groups in total. The molecule has 2 saturated heterocycles. The van der Waals surface area contributed by atoms with Crippen molar-refractivity contribution in [1.82, 2.24) is 50.2 Å². The van der Waals surface area contributed by atoms with Crippen molar-refractivity contribution in [2.24, 2.45) is 36.6 Å². The van der Waals surface area contributed by atoms with Crippen LogP contribution < -0.4 is 16.0 Å². The molecule has 21 nitrogen and oxygen atoms in total. The van der Waals surface area contributed by atoms with Gasteiger partial charge in [-0.05, 0) is 91.5 Å². The van der Waals surface area contributed by atoms with Crippen molar-refractivity contribution in [2.45, 2.75) is 188 Å². The summed E-state index contributed by atoms with van der Waals surface area (Å²) in [6.07, 6.45) is 1.68. The molecule has 0 aliphatic carbocycles. The van der Waals surface area contributed by atoms with Gasteiger partial charge in [0.25, 0.3) is 5.91 Å². The lowest BCUT2D eigenvalue weighted by atomic mass is 9.93. The lowest BCUT2D eigenvalue weighted by molar-refractivity contribution is -0.177. The van der Waals surface area contributed by atoms with Gasteiger partial charge in [0.15, 0.2) is 12.1 Å². The van der Waals surface area contributed by atoms with E-state index in [1.165, 1.54) is 61.6 Å². The number of aryl methyl sites for hydroxylation is 1. The second kappa shape index (κ2) is 30.2. The summed E-state index contributed by atoms with van der Waals surface area (Å²) in [5.41, 5.74) is 2.02. The van der Waals surface area contributed by atoms with Crippen LogP contribution >= 0.6 is 0 Å². The predicted octanol–water partition coefficient (Wildman–Crippen LogP) is 5.93. The highest BCUT2D eigenvalue weighted by Crippen LogP contribution is 2.32. The Balaban J connectivity index is 1.53. The lowest BCUT2D eigenvalue weighted by Crippen LogP contribution is -2.63. The predicted molar refractivity (Wildman–Crippen MR) is 341 cm³/mol. The Morgan fingerprint density at radius 3 is 1.78 bits per heavy atom. The molecular formula is C68H98N10O11. The van der Waals surface area contributed by atoms with Crippen molar-refractivity contribution in [3.63, 3.8) is 0 Å². The van der Waals surface area contributed by atoms with Gasteiger partial charge >= 0.3 is 5.97 Å². The van der Waals surface area contributed by atoms with E-state index in [1.807, 2.05) is 95.4 Å². The number of rotatable bonds is 14. The third kappa shape index (κ3) is 16.4. The molecule has 486 valence electrons. The zero-order chi connectivity index (χ0) is 66.1. The minimum absolute atomic E-state index is 0.0263. The summed E-state index contributed by atoms with van der Waals surface area (Å²) < 4.78 is 7.93. The van der Waals surface area contributed by atoms with Crippen LogP contribution in [-0.2, 0) is 67.8 Å². The van der Waals surface area contributed by atoms with Crippen LogP contribution in [0.4, 0.5) is 0 Å². The van der Waals surface area contributed by atoms with Crippen LogP contribution in [0.5, 0.6) is 0 Å². The molecule has 4 aromatic rings. The molecule has 8 amide bonds. The van der Waals surface area contributed by atoms with Crippen molar-refractivity contribution in [3.05, 3.63) is 90.1 Å². The van der Waals surface area contributed by atoms with Gasteiger partial charge in [-0.15, -0.1) is 0 Å². The van der Waals surface area contributed by atoms with Crippen LogP contribution in [0.15, 0.2) is 79.0 Å². The highest BCUT2D eigenvalue weighted by Gasteiger charge is 2.48. The van der Waals surface area contributed by atoms with Crippen molar-refractivity contribution in [3.8, 4) is 11.1 Å². The quantitative estimate of drug-likeness (QED) is 0.107. The molecule has 0 spiro atoms. The molecule has 3 aromatic carbocycles. The van der Waals surface area contributed by atoms with Gasteiger partial charge in [0.05, 0.1) is 17.3 Å². The first kappa shape index (κ1) is 70.4.